The number of rotatable bonds is 2. The zero-order chi connectivity index (χ0) is 12.4. The van der Waals surface area contributed by atoms with Crippen LogP contribution in [0.3, 0.4) is 0 Å². The van der Waals surface area contributed by atoms with Crippen LogP contribution in [0.2, 0.25) is 0 Å². The zero-order valence-corrected chi connectivity index (χ0v) is 9.34. The van der Waals surface area contributed by atoms with Crippen LogP contribution in [0.25, 0.3) is 11.1 Å². The molecule has 4 heteroatoms. The fraction of sp³-hybridized carbons (Fsp3) is 0.0769. The highest BCUT2D eigenvalue weighted by atomic mass is 16.4. The summed E-state index contributed by atoms with van der Waals surface area (Å²) in [4.78, 5) is 15.0. The van der Waals surface area contributed by atoms with E-state index >= 15 is 0 Å². The van der Waals surface area contributed by atoms with E-state index in [0.29, 0.717) is 5.56 Å². The molecule has 0 fully saturated rings. The molecule has 0 atom stereocenters. The normalized spacial score (nSPS) is 10.2. The highest BCUT2D eigenvalue weighted by molar-refractivity contribution is 5.94. The van der Waals surface area contributed by atoms with Gasteiger partial charge in [-0.3, -0.25) is 0 Å². The summed E-state index contributed by atoms with van der Waals surface area (Å²) in [5, 5.41) is 9.10. The van der Waals surface area contributed by atoms with Gasteiger partial charge in [0.2, 0.25) is 0 Å². The molecule has 0 unspecified atom stereocenters. The molecule has 2 aromatic rings. The number of carboxylic acids is 1. The second-order valence-corrected chi connectivity index (χ2v) is 3.81. The molecule has 86 valence electrons. The monoisotopic (exact) mass is 228 g/mol. The number of aromatic carboxylic acids is 1. The van der Waals surface area contributed by atoms with E-state index in [0.717, 1.165) is 11.1 Å². The van der Waals surface area contributed by atoms with Crippen LogP contribution in [0.1, 0.15) is 16.1 Å². The standard InChI is InChI=1S/C13H12N2O2/c1-8-3-2-4-9(7-8)10-5-6-11(14)15-12(10)13(16)17/h2-7H,1H3,(H2,14,15)(H,16,17). The van der Waals surface area contributed by atoms with Gasteiger partial charge in [-0.25, -0.2) is 9.78 Å². The Morgan fingerprint density at radius 3 is 2.71 bits per heavy atom. The summed E-state index contributed by atoms with van der Waals surface area (Å²) >= 11 is 0. The van der Waals surface area contributed by atoms with E-state index in [4.69, 9.17) is 10.8 Å². The maximum Gasteiger partial charge on any atom is 0.355 e. The molecule has 3 N–H and O–H groups in total. The molecule has 0 amide bonds. The molecular formula is C13H12N2O2. The molecule has 4 nitrogen and oxygen atoms in total. The van der Waals surface area contributed by atoms with E-state index in [1.54, 1.807) is 12.1 Å². The van der Waals surface area contributed by atoms with E-state index in [2.05, 4.69) is 4.98 Å². The topological polar surface area (TPSA) is 76.2 Å². The number of carbonyl (C=O) groups is 1. The molecule has 0 aliphatic rings. The molecule has 0 aliphatic carbocycles. The Morgan fingerprint density at radius 1 is 1.29 bits per heavy atom. The average molecular weight is 228 g/mol. The number of aryl methyl sites for hydroxylation is 1. The summed E-state index contributed by atoms with van der Waals surface area (Å²) in [6.07, 6.45) is 0. The van der Waals surface area contributed by atoms with Crippen molar-refractivity contribution < 1.29 is 9.90 Å². The Balaban J connectivity index is 2.63. The summed E-state index contributed by atoms with van der Waals surface area (Å²) in [7, 11) is 0. The van der Waals surface area contributed by atoms with E-state index in [9.17, 15) is 4.79 Å². The van der Waals surface area contributed by atoms with Crippen molar-refractivity contribution in [1.82, 2.24) is 4.98 Å². The van der Waals surface area contributed by atoms with Crippen LogP contribution >= 0.6 is 0 Å². The number of nitrogens with two attached hydrogens (primary N) is 1. The number of pyridine rings is 1. The first kappa shape index (κ1) is 11.1. The van der Waals surface area contributed by atoms with Gasteiger partial charge in [-0.05, 0) is 24.6 Å². The molecule has 0 saturated carbocycles. The highest BCUT2D eigenvalue weighted by Crippen LogP contribution is 2.24. The van der Waals surface area contributed by atoms with Gasteiger partial charge in [-0.1, -0.05) is 29.8 Å². The van der Waals surface area contributed by atoms with Crippen molar-refractivity contribution in [3.05, 3.63) is 47.7 Å². The van der Waals surface area contributed by atoms with Crippen LogP contribution in [0, 0.1) is 6.92 Å². The number of benzene rings is 1. The highest BCUT2D eigenvalue weighted by Gasteiger charge is 2.13. The molecule has 1 aromatic heterocycles. The summed E-state index contributed by atoms with van der Waals surface area (Å²) in [6.45, 7) is 1.95. The molecule has 0 bridgehead atoms. The van der Waals surface area contributed by atoms with Crippen molar-refractivity contribution in [3.63, 3.8) is 0 Å². The third-order valence-electron chi connectivity index (χ3n) is 2.45. The number of hydrogen-bond acceptors (Lipinski definition) is 3. The van der Waals surface area contributed by atoms with Crippen LogP contribution in [0.5, 0.6) is 0 Å². The molecular weight excluding hydrogens is 216 g/mol. The lowest BCUT2D eigenvalue weighted by Crippen LogP contribution is -2.05. The smallest absolute Gasteiger partial charge is 0.355 e. The Morgan fingerprint density at radius 2 is 2.06 bits per heavy atom. The maximum atomic E-state index is 11.1. The predicted molar refractivity (Wildman–Crippen MR) is 65.8 cm³/mol. The van der Waals surface area contributed by atoms with Gasteiger partial charge in [-0.15, -0.1) is 0 Å². The second-order valence-electron chi connectivity index (χ2n) is 3.81. The molecule has 1 heterocycles. The van der Waals surface area contributed by atoms with Crippen LogP contribution in [-0.2, 0) is 0 Å². The van der Waals surface area contributed by atoms with Crippen molar-refractivity contribution in [2.75, 3.05) is 5.73 Å². The first-order chi connectivity index (χ1) is 8.08. The van der Waals surface area contributed by atoms with Gasteiger partial charge in [0.05, 0.1) is 0 Å². The van der Waals surface area contributed by atoms with Gasteiger partial charge < -0.3 is 10.8 Å². The largest absolute Gasteiger partial charge is 0.476 e. The van der Waals surface area contributed by atoms with Crippen LogP contribution in [-0.4, -0.2) is 16.1 Å². The molecule has 0 spiro atoms. The summed E-state index contributed by atoms with van der Waals surface area (Å²) in [5.74, 6) is -0.868. The van der Waals surface area contributed by atoms with Crippen molar-refractivity contribution in [2.24, 2.45) is 0 Å². The van der Waals surface area contributed by atoms with Gasteiger partial charge >= 0.3 is 5.97 Å². The van der Waals surface area contributed by atoms with Crippen LogP contribution in [0.15, 0.2) is 36.4 Å². The van der Waals surface area contributed by atoms with Crippen LogP contribution in [0.4, 0.5) is 5.82 Å². The van der Waals surface area contributed by atoms with Crippen molar-refractivity contribution in [2.45, 2.75) is 6.92 Å². The summed E-state index contributed by atoms with van der Waals surface area (Å²) < 4.78 is 0. The molecule has 1 aromatic carbocycles. The van der Waals surface area contributed by atoms with Crippen molar-refractivity contribution >= 4 is 11.8 Å². The first-order valence-corrected chi connectivity index (χ1v) is 5.15. The van der Waals surface area contributed by atoms with Crippen LogP contribution < -0.4 is 5.73 Å². The fourth-order valence-electron chi connectivity index (χ4n) is 1.68. The quantitative estimate of drug-likeness (QED) is 0.827. The van der Waals surface area contributed by atoms with Gasteiger partial charge in [0.15, 0.2) is 5.69 Å². The van der Waals surface area contributed by atoms with Crippen molar-refractivity contribution in [1.29, 1.82) is 0 Å². The molecule has 17 heavy (non-hydrogen) atoms. The number of carboxylic acid groups (broad SMARTS) is 1. The third kappa shape index (κ3) is 2.25. The van der Waals surface area contributed by atoms with Gasteiger partial charge in [0.1, 0.15) is 5.82 Å². The van der Waals surface area contributed by atoms with Gasteiger partial charge in [0.25, 0.3) is 0 Å². The zero-order valence-electron chi connectivity index (χ0n) is 9.34. The minimum atomic E-state index is -1.08. The molecule has 0 radical (unpaired) electrons. The SMILES string of the molecule is Cc1cccc(-c2ccc(N)nc2C(=O)O)c1. The van der Waals surface area contributed by atoms with Crippen molar-refractivity contribution in [3.8, 4) is 11.1 Å². The summed E-state index contributed by atoms with van der Waals surface area (Å²) in [6, 6.07) is 10.9. The van der Waals surface area contributed by atoms with E-state index in [-0.39, 0.29) is 11.5 Å². The second kappa shape index (κ2) is 4.25. The van der Waals surface area contributed by atoms with Gasteiger partial charge in [0, 0.05) is 5.56 Å². The number of anilines is 1. The molecule has 0 aliphatic heterocycles. The Kier molecular flexibility index (Phi) is 2.78. The lowest BCUT2D eigenvalue weighted by Gasteiger charge is -2.07. The predicted octanol–water partition coefficient (Wildman–Crippen LogP) is 2.34. The fourth-order valence-corrected chi connectivity index (χ4v) is 1.68. The molecule has 2 rings (SSSR count). The Hall–Kier alpha value is -2.36. The molecule has 0 saturated heterocycles. The lowest BCUT2D eigenvalue weighted by atomic mass is 10.0. The Bertz CT molecular complexity index is 579. The lowest BCUT2D eigenvalue weighted by molar-refractivity contribution is 0.0691. The average Bonchev–Trinajstić information content (AvgIpc) is 2.28. The van der Waals surface area contributed by atoms with E-state index in [1.165, 1.54) is 0 Å². The first-order valence-electron chi connectivity index (χ1n) is 5.15. The van der Waals surface area contributed by atoms with Gasteiger partial charge in [-0.2, -0.15) is 0 Å². The number of aromatic nitrogens is 1. The minimum Gasteiger partial charge on any atom is -0.476 e. The minimum absolute atomic E-state index is 0.0180. The number of hydrogen-bond donors (Lipinski definition) is 2. The summed E-state index contributed by atoms with van der Waals surface area (Å²) in [5.41, 5.74) is 7.95. The Labute approximate surface area is 98.7 Å². The maximum absolute atomic E-state index is 11.1. The van der Waals surface area contributed by atoms with E-state index < -0.39 is 5.97 Å². The third-order valence-corrected chi connectivity index (χ3v) is 2.45. The number of nitrogen functional groups attached to an aromatic ring is 1. The van der Waals surface area contributed by atoms with E-state index in [1.807, 2.05) is 31.2 Å². The number of nitrogens with zero attached hydrogens (tertiary/aromatic N) is 1.